The van der Waals surface area contributed by atoms with Crippen LogP contribution in [0.3, 0.4) is 0 Å². The highest BCUT2D eigenvalue weighted by atomic mass is 16.5. The standard InChI is InChI=1S/C18H28N2O2/c1-18(2,3)22-16-7-5-15(6-8-16)20-17(21)9-4-14-10-12-19-13-11-14/h5-8,14,19H,4,9-13H2,1-3H3,(H,20,21). The molecule has 1 amide bonds. The zero-order valence-corrected chi connectivity index (χ0v) is 13.9. The molecule has 1 aromatic rings. The fourth-order valence-corrected chi connectivity index (χ4v) is 2.69. The molecule has 22 heavy (non-hydrogen) atoms. The highest BCUT2D eigenvalue weighted by Gasteiger charge is 2.15. The Hall–Kier alpha value is -1.55. The molecule has 0 spiro atoms. The molecule has 122 valence electrons. The van der Waals surface area contributed by atoms with Crippen LogP contribution in [0.4, 0.5) is 5.69 Å². The average molecular weight is 304 g/mol. The molecule has 1 saturated heterocycles. The maximum absolute atomic E-state index is 12.0. The molecule has 0 radical (unpaired) electrons. The van der Waals surface area contributed by atoms with Gasteiger partial charge in [0, 0.05) is 12.1 Å². The minimum atomic E-state index is -0.209. The fraction of sp³-hybridized carbons (Fsp3) is 0.611. The van der Waals surface area contributed by atoms with Crippen LogP contribution >= 0.6 is 0 Å². The van der Waals surface area contributed by atoms with Gasteiger partial charge in [0.05, 0.1) is 0 Å². The first-order valence-electron chi connectivity index (χ1n) is 8.22. The molecular weight excluding hydrogens is 276 g/mol. The molecule has 1 aromatic carbocycles. The highest BCUT2D eigenvalue weighted by Crippen LogP contribution is 2.21. The van der Waals surface area contributed by atoms with Crippen LogP contribution in [0.2, 0.25) is 0 Å². The Morgan fingerprint density at radius 2 is 1.86 bits per heavy atom. The second-order valence-corrected chi connectivity index (χ2v) is 7.02. The van der Waals surface area contributed by atoms with Crippen LogP contribution in [0, 0.1) is 5.92 Å². The molecular formula is C18H28N2O2. The zero-order valence-electron chi connectivity index (χ0n) is 13.9. The first kappa shape index (κ1) is 16.8. The van der Waals surface area contributed by atoms with Gasteiger partial charge in [-0.1, -0.05) is 0 Å². The van der Waals surface area contributed by atoms with E-state index in [2.05, 4.69) is 10.6 Å². The predicted molar refractivity (Wildman–Crippen MR) is 90.3 cm³/mol. The van der Waals surface area contributed by atoms with Crippen molar-refractivity contribution in [1.82, 2.24) is 5.32 Å². The van der Waals surface area contributed by atoms with Crippen molar-refractivity contribution in [3.8, 4) is 5.75 Å². The van der Waals surface area contributed by atoms with E-state index in [1.54, 1.807) is 0 Å². The molecule has 0 bridgehead atoms. The smallest absolute Gasteiger partial charge is 0.224 e. The summed E-state index contributed by atoms with van der Waals surface area (Å²) in [5.41, 5.74) is 0.621. The predicted octanol–water partition coefficient (Wildman–Crippen LogP) is 3.58. The monoisotopic (exact) mass is 304 g/mol. The van der Waals surface area contributed by atoms with Crippen LogP contribution in [-0.2, 0) is 4.79 Å². The zero-order chi connectivity index (χ0) is 16.0. The summed E-state index contributed by atoms with van der Waals surface area (Å²) in [5.74, 6) is 1.61. The van der Waals surface area contributed by atoms with Crippen molar-refractivity contribution in [2.45, 2.75) is 52.1 Å². The lowest BCUT2D eigenvalue weighted by Gasteiger charge is -2.22. The van der Waals surface area contributed by atoms with Crippen molar-refractivity contribution in [2.24, 2.45) is 5.92 Å². The lowest BCUT2D eigenvalue weighted by atomic mass is 9.93. The van der Waals surface area contributed by atoms with E-state index in [9.17, 15) is 4.79 Å². The summed E-state index contributed by atoms with van der Waals surface area (Å²) in [6.45, 7) is 8.22. The molecule has 0 saturated carbocycles. The van der Waals surface area contributed by atoms with Crippen LogP contribution in [-0.4, -0.2) is 24.6 Å². The molecule has 1 aliphatic heterocycles. The third kappa shape index (κ3) is 6.06. The quantitative estimate of drug-likeness (QED) is 0.874. The third-order valence-electron chi connectivity index (χ3n) is 3.80. The van der Waals surface area contributed by atoms with E-state index >= 15 is 0 Å². The minimum Gasteiger partial charge on any atom is -0.488 e. The number of carbonyl (C=O) groups excluding carboxylic acids is 1. The number of ether oxygens (including phenoxy) is 1. The molecule has 0 unspecified atom stereocenters. The van der Waals surface area contributed by atoms with Crippen LogP contribution in [0.25, 0.3) is 0 Å². The summed E-state index contributed by atoms with van der Waals surface area (Å²) >= 11 is 0. The SMILES string of the molecule is CC(C)(C)Oc1ccc(NC(=O)CCC2CCNCC2)cc1. The van der Waals surface area contributed by atoms with E-state index < -0.39 is 0 Å². The lowest BCUT2D eigenvalue weighted by molar-refractivity contribution is -0.116. The number of carbonyl (C=O) groups is 1. The Bertz CT molecular complexity index is 471. The van der Waals surface area contributed by atoms with Gasteiger partial charge < -0.3 is 15.4 Å². The van der Waals surface area contributed by atoms with Crippen molar-refractivity contribution in [3.05, 3.63) is 24.3 Å². The van der Waals surface area contributed by atoms with Crippen molar-refractivity contribution in [2.75, 3.05) is 18.4 Å². The Morgan fingerprint density at radius 3 is 2.45 bits per heavy atom. The Labute approximate surface area is 133 Å². The van der Waals surface area contributed by atoms with Gasteiger partial charge in [-0.05, 0) is 83.3 Å². The van der Waals surface area contributed by atoms with Crippen LogP contribution in [0.15, 0.2) is 24.3 Å². The maximum atomic E-state index is 12.0. The van der Waals surface area contributed by atoms with Gasteiger partial charge in [-0.3, -0.25) is 4.79 Å². The maximum Gasteiger partial charge on any atom is 0.224 e. The lowest BCUT2D eigenvalue weighted by Crippen LogP contribution is -2.28. The van der Waals surface area contributed by atoms with Gasteiger partial charge >= 0.3 is 0 Å². The van der Waals surface area contributed by atoms with Gasteiger partial charge in [0.15, 0.2) is 0 Å². The Kier molecular flexibility index (Phi) is 5.83. The van der Waals surface area contributed by atoms with E-state index in [0.717, 1.165) is 30.9 Å². The summed E-state index contributed by atoms with van der Waals surface area (Å²) in [7, 11) is 0. The Morgan fingerprint density at radius 1 is 1.23 bits per heavy atom. The Balaban J connectivity index is 1.76. The molecule has 4 nitrogen and oxygen atoms in total. The summed E-state index contributed by atoms with van der Waals surface area (Å²) in [5, 5.41) is 6.31. The van der Waals surface area contributed by atoms with E-state index in [4.69, 9.17) is 4.74 Å². The molecule has 4 heteroatoms. The van der Waals surface area contributed by atoms with Crippen molar-refractivity contribution >= 4 is 11.6 Å². The number of hydrogen-bond donors (Lipinski definition) is 2. The van der Waals surface area contributed by atoms with E-state index in [1.807, 2.05) is 45.0 Å². The first-order chi connectivity index (χ1) is 10.4. The highest BCUT2D eigenvalue weighted by molar-refractivity contribution is 5.90. The van der Waals surface area contributed by atoms with Gasteiger partial charge in [-0.2, -0.15) is 0 Å². The second kappa shape index (κ2) is 7.63. The largest absolute Gasteiger partial charge is 0.488 e. The number of rotatable bonds is 5. The van der Waals surface area contributed by atoms with E-state index in [0.29, 0.717) is 12.3 Å². The molecule has 0 atom stereocenters. The number of hydrogen-bond acceptors (Lipinski definition) is 3. The molecule has 2 N–H and O–H groups in total. The van der Waals surface area contributed by atoms with Crippen LogP contribution in [0.1, 0.15) is 46.5 Å². The summed E-state index contributed by atoms with van der Waals surface area (Å²) in [6, 6.07) is 7.58. The summed E-state index contributed by atoms with van der Waals surface area (Å²) in [6.07, 6.45) is 3.96. The number of amides is 1. The number of piperidine rings is 1. The molecule has 0 aromatic heterocycles. The number of anilines is 1. The van der Waals surface area contributed by atoms with Gasteiger partial charge in [0.25, 0.3) is 0 Å². The minimum absolute atomic E-state index is 0.100. The topological polar surface area (TPSA) is 50.4 Å². The second-order valence-electron chi connectivity index (χ2n) is 7.02. The van der Waals surface area contributed by atoms with Gasteiger partial charge in [-0.15, -0.1) is 0 Å². The van der Waals surface area contributed by atoms with Gasteiger partial charge in [0.1, 0.15) is 11.4 Å². The molecule has 0 aliphatic carbocycles. The average Bonchev–Trinajstić information content (AvgIpc) is 2.47. The summed E-state index contributed by atoms with van der Waals surface area (Å²) in [4.78, 5) is 12.0. The molecule has 1 fully saturated rings. The van der Waals surface area contributed by atoms with E-state index in [1.165, 1.54) is 12.8 Å². The van der Waals surface area contributed by atoms with Crippen molar-refractivity contribution in [3.63, 3.8) is 0 Å². The number of nitrogens with one attached hydrogen (secondary N) is 2. The number of benzene rings is 1. The third-order valence-corrected chi connectivity index (χ3v) is 3.80. The summed E-state index contributed by atoms with van der Waals surface area (Å²) < 4.78 is 5.77. The van der Waals surface area contributed by atoms with E-state index in [-0.39, 0.29) is 11.5 Å². The van der Waals surface area contributed by atoms with Crippen molar-refractivity contribution < 1.29 is 9.53 Å². The molecule has 1 aliphatic rings. The normalized spacial score (nSPS) is 16.3. The van der Waals surface area contributed by atoms with Crippen LogP contribution in [0.5, 0.6) is 5.75 Å². The fourth-order valence-electron chi connectivity index (χ4n) is 2.69. The first-order valence-corrected chi connectivity index (χ1v) is 8.22. The van der Waals surface area contributed by atoms with Crippen LogP contribution < -0.4 is 15.4 Å². The molecule has 2 rings (SSSR count). The molecule has 1 heterocycles. The van der Waals surface area contributed by atoms with Gasteiger partial charge in [0.2, 0.25) is 5.91 Å². The van der Waals surface area contributed by atoms with Gasteiger partial charge in [-0.25, -0.2) is 0 Å². The van der Waals surface area contributed by atoms with Crippen molar-refractivity contribution in [1.29, 1.82) is 0 Å².